The van der Waals surface area contributed by atoms with Crippen LogP contribution < -0.4 is 0 Å². The van der Waals surface area contributed by atoms with Gasteiger partial charge in [-0.2, -0.15) is 0 Å². The minimum absolute atomic E-state index is 0.320. The Hall–Kier alpha value is -1.64. The van der Waals surface area contributed by atoms with Crippen LogP contribution in [0.15, 0.2) is 24.3 Å². The Morgan fingerprint density at radius 3 is 2.59 bits per heavy atom. The van der Waals surface area contributed by atoms with Gasteiger partial charge < -0.3 is 4.74 Å². The molecule has 0 heterocycles. The van der Waals surface area contributed by atoms with Gasteiger partial charge in [-0.05, 0) is 57.0 Å². The summed E-state index contributed by atoms with van der Waals surface area (Å²) in [5, 5.41) is 0. The molecule has 0 aliphatic rings. The third-order valence-electron chi connectivity index (χ3n) is 2.05. The van der Waals surface area contributed by atoms with Gasteiger partial charge in [-0.3, -0.25) is 0 Å². The van der Waals surface area contributed by atoms with Crippen molar-refractivity contribution in [3.63, 3.8) is 0 Å². The molecule has 0 radical (unpaired) electrons. The second-order valence-corrected chi connectivity index (χ2v) is 4.87. The van der Waals surface area contributed by atoms with E-state index < -0.39 is 11.6 Å². The van der Waals surface area contributed by atoms with E-state index in [4.69, 9.17) is 4.74 Å². The van der Waals surface area contributed by atoms with E-state index >= 15 is 0 Å². The molecule has 0 saturated heterocycles. The van der Waals surface area contributed by atoms with Gasteiger partial charge in [0.25, 0.3) is 0 Å². The van der Waals surface area contributed by atoms with Crippen LogP contribution in [-0.2, 0) is 9.53 Å². The lowest BCUT2D eigenvalue weighted by Crippen LogP contribution is -2.22. The molecule has 3 heteroatoms. The first kappa shape index (κ1) is 13.4. The third kappa shape index (κ3) is 4.81. The van der Waals surface area contributed by atoms with Crippen molar-refractivity contribution < 1.29 is 13.9 Å². The van der Waals surface area contributed by atoms with Crippen LogP contribution in [0.4, 0.5) is 4.39 Å². The fourth-order valence-electron chi connectivity index (χ4n) is 1.28. The predicted molar refractivity (Wildman–Crippen MR) is 66.0 cm³/mol. The highest BCUT2D eigenvalue weighted by atomic mass is 19.1. The molecule has 0 aliphatic heterocycles. The molecule has 2 nitrogen and oxygen atoms in total. The van der Waals surface area contributed by atoms with E-state index in [9.17, 15) is 9.18 Å². The van der Waals surface area contributed by atoms with E-state index in [0.29, 0.717) is 5.56 Å². The molecule has 0 bridgehead atoms. The molecular formula is C14H17FO2. The quantitative estimate of drug-likeness (QED) is 0.580. The summed E-state index contributed by atoms with van der Waals surface area (Å²) in [6.45, 7) is 7.25. The number of hydrogen-bond donors (Lipinski definition) is 0. The molecule has 0 N–H and O–H groups in total. The molecule has 0 atom stereocenters. The average Bonchev–Trinajstić information content (AvgIpc) is 2.17. The summed E-state index contributed by atoms with van der Waals surface area (Å²) in [7, 11) is 0. The lowest BCUT2D eigenvalue weighted by Gasteiger charge is -2.17. The van der Waals surface area contributed by atoms with Gasteiger partial charge in [-0.15, -0.1) is 0 Å². The summed E-state index contributed by atoms with van der Waals surface area (Å²) in [6, 6.07) is 4.44. The summed E-state index contributed by atoms with van der Waals surface area (Å²) >= 11 is 0. The van der Waals surface area contributed by atoms with Gasteiger partial charge in [0.15, 0.2) is 0 Å². The van der Waals surface area contributed by atoms with Gasteiger partial charge in [-0.1, -0.05) is 6.07 Å². The predicted octanol–water partition coefficient (Wildman–Crippen LogP) is 3.49. The van der Waals surface area contributed by atoms with Gasteiger partial charge >= 0.3 is 5.97 Å². The zero-order valence-electron chi connectivity index (χ0n) is 10.6. The Labute approximate surface area is 101 Å². The minimum atomic E-state index is -0.515. The van der Waals surface area contributed by atoms with E-state index in [2.05, 4.69) is 0 Å². The topological polar surface area (TPSA) is 26.3 Å². The van der Waals surface area contributed by atoms with Crippen molar-refractivity contribution in [3.8, 4) is 0 Å². The van der Waals surface area contributed by atoms with Gasteiger partial charge in [0.1, 0.15) is 11.4 Å². The normalized spacial score (nSPS) is 11.8. The lowest BCUT2D eigenvalue weighted by atomic mass is 10.1. The van der Waals surface area contributed by atoms with Gasteiger partial charge in [0.2, 0.25) is 0 Å². The third-order valence-corrected chi connectivity index (χ3v) is 2.05. The highest BCUT2D eigenvalue weighted by Crippen LogP contribution is 2.13. The zero-order valence-corrected chi connectivity index (χ0v) is 10.6. The summed E-state index contributed by atoms with van der Waals surface area (Å²) < 4.78 is 18.1. The average molecular weight is 236 g/mol. The number of halogens is 1. The maximum Gasteiger partial charge on any atom is 0.331 e. The second kappa shape index (κ2) is 5.13. The van der Waals surface area contributed by atoms with Crippen molar-refractivity contribution in [2.24, 2.45) is 0 Å². The number of benzene rings is 1. The Bertz CT molecular complexity index is 442. The highest BCUT2D eigenvalue weighted by Gasteiger charge is 2.13. The number of carbonyl (C=O) groups excluding carboxylic acids is 1. The van der Waals surface area contributed by atoms with Gasteiger partial charge in [0, 0.05) is 6.08 Å². The maximum absolute atomic E-state index is 13.0. The molecule has 92 valence electrons. The Balaban J connectivity index is 2.77. The minimum Gasteiger partial charge on any atom is -0.457 e. The van der Waals surface area contributed by atoms with Crippen LogP contribution in [0.25, 0.3) is 6.08 Å². The largest absolute Gasteiger partial charge is 0.457 e. The highest BCUT2D eigenvalue weighted by molar-refractivity contribution is 5.87. The smallest absolute Gasteiger partial charge is 0.331 e. The molecule has 0 aliphatic carbocycles. The fraction of sp³-hybridized carbons (Fsp3) is 0.357. The van der Waals surface area contributed by atoms with Crippen molar-refractivity contribution in [2.45, 2.75) is 33.3 Å². The zero-order chi connectivity index (χ0) is 13.1. The molecule has 1 aromatic carbocycles. The van der Waals surface area contributed by atoms with E-state index in [1.165, 1.54) is 18.2 Å². The molecule has 17 heavy (non-hydrogen) atoms. The number of ether oxygens (including phenoxy) is 1. The van der Waals surface area contributed by atoms with E-state index in [0.717, 1.165) is 5.56 Å². The fourth-order valence-corrected chi connectivity index (χ4v) is 1.28. The maximum atomic E-state index is 13.0. The van der Waals surface area contributed by atoms with Crippen molar-refractivity contribution in [3.05, 3.63) is 41.2 Å². The first-order chi connectivity index (χ1) is 7.78. The summed E-state index contributed by atoms with van der Waals surface area (Å²) in [5.41, 5.74) is 1.07. The molecule has 1 aromatic rings. The number of esters is 1. The van der Waals surface area contributed by atoms with Gasteiger partial charge in [-0.25, -0.2) is 9.18 Å². The standard InChI is InChI=1S/C14H17FO2/c1-10-5-7-12(15)9-11(10)6-8-13(16)17-14(2,3)4/h5-9H,1-4H3/b8-6+. The summed E-state index contributed by atoms with van der Waals surface area (Å²) in [5.74, 6) is -0.749. The first-order valence-electron chi connectivity index (χ1n) is 5.45. The van der Waals surface area contributed by atoms with E-state index in [1.807, 2.05) is 6.92 Å². The van der Waals surface area contributed by atoms with Crippen LogP contribution in [0.3, 0.4) is 0 Å². The number of carbonyl (C=O) groups is 1. The summed E-state index contributed by atoms with van der Waals surface area (Å²) in [4.78, 5) is 11.4. The van der Waals surface area contributed by atoms with Crippen molar-refractivity contribution >= 4 is 12.0 Å². The molecule has 1 rings (SSSR count). The van der Waals surface area contributed by atoms with Crippen LogP contribution in [0.1, 0.15) is 31.9 Å². The molecule has 0 saturated carbocycles. The number of rotatable bonds is 2. The molecule has 0 amide bonds. The van der Waals surface area contributed by atoms with Crippen LogP contribution in [0.2, 0.25) is 0 Å². The molecule has 0 unspecified atom stereocenters. The van der Waals surface area contributed by atoms with Crippen LogP contribution >= 0.6 is 0 Å². The summed E-state index contributed by atoms with van der Waals surface area (Å²) in [6.07, 6.45) is 2.87. The molecule has 0 spiro atoms. The van der Waals surface area contributed by atoms with Crippen molar-refractivity contribution in [1.29, 1.82) is 0 Å². The van der Waals surface area contributed by atoms with Gasteiger partial charge in [0.05, 0.1) is 0 Å². The molecule has 0 fully saturated rings. The van der Waals surface area contributed by atoms with Crippen molar-refractivity contribution in [2.75, 3.05) is 0 Å². The van der Waals surface area contributed by atoms with Crippen LogP contribution in [-0.4, -0.2) is 11.6 Å². The Kier molecular flexibility index (Phi) is 4.05. The monoisotopic (exact) mass is 236 g/mol. The van der Waals surface area contributed by atoms with Crippen LogP contribution in [0, 0.1) is 12.7 Å². The lowest BCUT2D eigenvalue weighted by molar-refractivity contribution is -0.148. The van der Waals surface area contributed by atoms with Crippen LogP contribution in [0.5, 0.6) is 0 Å². The number of hydrogen-bond acceptors (Lipinski definition) is 2. The molecule has 0 aromatic heterocycles. The van der Waals surface area contributed by atoms with E-state index in [-0.39, 0.29) is 5.82 Å². The number of aryl methyl sites for hydroxylation is 1. The Morgan fingerprint density at radius 2 is 2.00 bits per heavy atom. The van der Waals surface area contributed by atoms with Crippen molar-refractivity contribution in [1.82, 2.24) is 0 Å². The van der Waals surface area contributed by atoms with E-state index in [1.54, 1.807) is 32.9 Å². The second-order valence-electron chi connectivity index (χ2n) is 4.87. The molecular weight excluding hydrogens is 219 g/mol. The SMILES string of the molecule is Cc1ccc(F)cc1/C=C/C(=O)OC(C)(C)C. The first-order valence-corrected chi connectivity index (χ1v) is 5.45. The Morgan fingerprint density at radius 1 is 1.35 bits per heavy atom.